The van der Waals surface area contributed by atoms with Crippen molar-refractivity contribution in [1.82, 2.24) is 24.0 Å². The lowest BCUT2D eigenvalue weighted by atomic mass is 10.1. The first-order valence-corrected chi connectivity index (χ1v) is 9.40. The van der Waals surface area contributed by atoms with Crippen molar-refractivity contribution in [1.29, 1.82) is 0 Å². The summed E-state index contributed by atoms with van der Waals surface area (Å²) in [6, 6.07) is 4.07. The van der Waals surface area contributed by atoms with Crippen molar-refractivity contribution in [2.75, 3.05) is 20.6 Å². The number of fused-ring (bicyclic) bond motifs is 2. The lowest BCUT2D eigenvalue weighted by Crippen LogP contribution is -2.40. The Hall–Kier alpha value is -2.54. The molecule has 0 radical (unpaired) electrons. The molecule has 0 aromatic heterocycles. The van der Waals surface area contributed by atoms with Gasteiger partial charge in [-0.1, -0.05) is 13.3 Å². The number of aryl methyl sites for hydroxylation is 3. The van der Waals surface area contributed by atoms with Gasteiger partial charge < -0.3 is 9.47 Å². The van der Waals surface area contributed by atoms with Gasteiger partial charge in [-0.2, -0.15) is 4.98 Å². The first kappa shape index (κ1) is 19.2. The summed E-state index contributed by atoms with van der Waals surface area (Å²) in [6.45, 7) is 7.78. The van der Waals surface area contributed by atoms with E-state index < -0.39 is 5.69 Å². The van der Waals surface area contributed by atoms with Crippen molar-refractivity contribution >= 4 is 11.0 Å². The normalized spacial score (nSPS) is 11.8. The average Bonchev–Trinajstić information content (AvgIpc) is 2.60. The standard InChI is InChI=1S/C20H27N5O2/c1-6-7-8-24-16-12-14(3)13(2)11-15(16)21-17-18(24)22-20(27)25(19(17)26)10-9-23(4)5/h11-12H,6-10H2,1-5H3. The van der Waals surface area contributed by atoms with Crippen LogP contribution in [0.3, 0.4) is 0 Å². The smallest absolute Gasteiger partial charge is 0.322 e. The van der Waals surface area contributed by atoms with E-state index >= 15 is 0 Å². The van der Waals surface area contributed by atoms with Gasteiger partial charge in [0.2, 0.25) is 0 Å². The number of unbranched alkanes of at least 4 members (excludes halogenated alkanes) is 1. The van der Waals surface area contributed by atoms with Gasteiger partial charge in [0.15, 0.2) is 11.5 Å². The van der Waals surface area contributed by atoms with Crippen molar-refractivity contribution < 1.29 is 0 Å². The van der Waals surface area contributed by atoms with Crippen LogP contribution in [-0.2, 0) is 13.1 Å². The molecular formula is C20H27N5O2. The molecule has 0 saturated carbocycles. The van der Waals surface area contributed by atoms with Crippen molar-refractivity contribution in [3.05, 3.63) is 44.1 Å². The fourth-order valence-corrected chi connectivity index (χ4v) is 3.17. The predicted octanol–water partition coefficient (Wildman–Crippen LogP) is 2.04. The summed E-state index contributed by atoms with van der Waals surface area (Å²) in [7, 11) is 3.80. The Morgan fingerprint density at radius 2 is 1.70 bits per heavy atom. The highest BCUT2D eigenvalue weighted by Crippen LogP contribution is 2.24. The van der Waals surface area contributed by atoms with E-state index in [1.165, 1.54) is 4.57 Å². The van der Waals surface area contributed by atoms with Crippen LogP contribution in [0.1, 0.15) is 30.9 Å². The summed E-state index contributed by atoms with van der Waals surface area (Å²) in [5.41, 5.74) is 3.34. The highest BCUT2D eigenvalue weighted by Gasteiger charge is 2.21. The number of rotatable bonds is 6. The van der Waals surface area contributed by atoms with Crippen LogP contribution in [-0.4, -0.2) is 44.6 Å². The minimum absolute atomic E-state index is 0.264. The maximum absolute atomic E-state index is 13.0. The molecular weight excluding hydrogens is 342 g/mol. The van der Waals surface area contributed by atoms with Crippen molar-refractivity contribution in [3.63, 3.8) is 0 Å². The van der Waals surface area contributed by atoms with Crippen molar-refractivity contribution in [2.24, 2.45) is 0 Å². The van der Waals surface area contributed by atoms with E-state index in [4.69, 9.17) is 0 Å². The number of hydrogen-bond acceptors (Lipinski definition) is 5. The first-order valence-electron chi connectivity index (χ1n) is 9.40. The second-order valence-electron chi connectivity index (χ2n) is 7.37. The number of benzene rings is 1. The minimum atomic E-state index is -0.510. The Labute approximate surface area is 158 Å². The molecule has 2 heterocycles. The fraction of sp³-hybridized carbons (Fsp3) is 0.500. The molecule has 0 fully saturated rings. The molecule has 0 spiro atoms. The second kappa shape index (κ2) is 7.60. The van der Waals surface area contributed by atoms with Gasteiger partial charge in [0, 0.05) is 19.6 Å². The maximum Gasteiger partial charge on any atom is 0.352 e. The number of nitrogens with zero attached hydrogens (tertiary/aromatic N) is 5. The van der Waals surface area contributed by atoms with Gasteiger partial charge in [-0.15, -0.1) is 0 Å². The van der Waals surface area contributed by atoms with Crippen LogP contribution in [0.25, 0.3) is 22.6 Å². The zero-order valence-corrected chi connectivity index (χ0v) is 16.7. The Morgan fingerprint density at radius 1 is 1.00 bits per heavy atom. The SMILES string of the molecule is CCCCn1c2nc(=O)n(CCN(C)C)c(=O)c-2nc2cc(C)c(C)cc21. The molecule has 0 aliphatic carbocycles. The van der Waals surface area contributed by atoms with Crippen LogP contribution < -0.4 is 11.2 Å². The molecule has 0 unspecified atom stereocenters. The third kappa shape index (κ3) is 3.64. The molecule has 2 aliphatic heterocycles. The third-order valence-electron chi connectivity index (χ3n) is 4.97. The van der Waals surface area contributed by atoms with Gasteiger partial charge in [-0.25, -0.2) is 9.78 Å². The molecule has 27 heavy (non-hydrogen) atoms. The zero-order valence-electron chi connectivity index (χ0n) is 16.7. The van der Waals surface area contributed by atoms with Crippen LogP contribution in [0, 0.1) is 13.8 Å². The molecule has 0 saturated heterocycles. The van der Waals surface area contributed by atoms with Crippen LogP contribution in [0.15, 0.2) is 21.7 Å². The lowest BCUT2D eigenvalue weighted by Gasteiger charge is -2.19. The van der Waals surface area contributed by atoms with E-state index in [-0.39, 0.29) is 11.3 Å². The van der Waals surface area contributed by atoms with E-state index in [0.717, 1.165) is 35.0 Å². The monoisotopic (exact) mass is 369 g/mol. The molecule has 0 amide bonds. The summed E-state index contributed by atoms with van der Waals surface area (Å²) >= 11 is 0. The number of hydrogen-bond donors (Lipinski definition) is 0. The van der Waals surface area contributed by atoms with Crippen molar-refractivity contribution in [2.45, 2.75) is 46.7 Å². The van der Waals surface area contributed by atoms with Gasteiger partial charge in [0.05, 0.1) is 11.0 Å². The number of aromatic nitrogens is 4. The largest absolute Gasteiger partial charge is 0.352 e. The van der Waals surface area contributed by atoms with Crippen molar-refractivity contribution in [3.8, 4) is 11.5 Å². The molecule has 1 aromatic carbocycles. The van der Waals surface area contributed by atoms with E-state index in [2.05, 4.69) is 29.9 Å². The molecule has 0 N–H and O–H groups in total. The van der Waals surface area contributed by atoms with Gasteiger partial charge in [0.1, 0.15) is 0 Å². The molecule has 144 valence electrons. The van der Waals surface area contributed by atoms with Gasteiger partial charge >= 0.3 is 5.69 Å². The molecule has 7 nitrogen and oxygen atoms in total. The van der Waals surface area contributed by atoms with Crippen LogP contribution in [0.5, 0.6) is 0 Å². The Balaban J connectivity index is 2.34. The van der Waals surface area contributed by atoms with E-state index in [0.29, 0.717) is 25.5 Å². The van der Waals surface area contributed by atoms with Gasteiger partial charge in [0.25, 0.3) is 5.56 Å². The topological polar surface area (TPSA) is 73.0 Å². The van der Waals surface area contributed by atoms with Gasteiger partial charge in [-0.3, -0.25) is 9.36 Å². The van der Waals surface area contributed by atoms with E-state index in [1.807, 2.05) is 36.6 Å². The summed E-state index contributed by atoms with van der Waals surface area (Å²) < 4.78 is 3.17. The highest BCUT2D eigenvalue weighted by atomic mass is 16.2. The highest BCUT2D eigenvalue weighted by molar-refractivity contribution is 5.81. The van der Waals surface area contributed by atoms with Gasteiger partial charge in [-0.05, 0) is 57.6 Å². The molecule has 3 rings (SSSR count). The first-order chi connectivity index (χ1) is 12.8. The molecule has 0 atom stereocenters. The van der Waals surface area contributed by atoms with Crippen LogP contribution in [0.4, 0.5) is 0 Å². The lowest BCUT2D eigenvalue weighted by molar-refractivity contribution is 0.376. The average molecular weight is 369 g/mol. The Kier molecular flexibility index (Phi) is 5.41. The Morgan fingerprint density at radius 3 is 2.37 bits per heavy atom. The van der Waals surface area contributed by atoms with Crippen LogP contribution >= 0.6 is 0 Å². The molecule has 0 bridgehead atoms. The van der Waals surface area contributed by atoms with E-state index in [1.54, 1.807) is 0 Å². The second-order valence-corrected chi connectivity index (χ2v) is 7.37. The molecule has 2 aliphatic rings. The van der Waals surface area contributed by atoms with Crippen LogP contribution in [0.2, 0.25) is 0 Å². The summed E-state index contributed by atoms with van der Waals surface area (Å²) in [5, 5.41) is 0. The minimum Gasteiger partial charge on any atom is -0.322 e. The Bertz CT molecular complexity index is 1060. The van der Waals surface area contributed by atoms with E-state index in [9.17, 15) is 9.59 Å². The zero-order chi connectivity index (χ0) is 19.7. The fourth-order valence-electron chi connectivity index (χ4n) is 3.17. The molecule has 7 heteroatoms. The summed E-state index contributed by atoms with van der Waals surface area (Å²) in [5.74, 6) is 0.385. The summed E-state index contributed by atoms with van der Waals surface area (Å²) in [4.78, 5) is 36.3. The third-order valence-corrected chi connectivity index (χ3v) is 4.97. The number of likely N-dealkylation sites (N-methyl/N-ethyl adjacent to an activating group) is 1. The summed E-state index contributed by atoms with van der Waals surface area (Å²) in [6.07, 6.45) is 1.94. The maximum atomic E-state index is 13.0. The predicted molar refractivity (Wildman–Crippen MR) is 108 cm³/mol. The quantitative estimate of drug-likeness (QED) is 0.622. The molecule has 1 aromatic rings.